The molecule has 0 radical (unpaired) electrons. The fourth-order valence-electron chi connectivity index (χ4n) is 4.24. The number of allylic oxidation sites excluding steroid dienone is 4. The van der Waals surface area contributed by atoms with E-state index in [4.69, 9.17) is 4.74 Å². The number of ether oxygens (including phenoxy) is 1. The average Bonchev–Trinajstić information content (AvgIpc) is 2.92. The van der Waals surface area contributed by atoms with Crippen LogP contribution in [0.25, 0.3) is 0 Å². The van der Waals surface area contributed by atoms with Gasteiger partial charge in [0.15, 0.2) is 0 Å². The van der Waals surface area contributed by atoms with Crippen molar-refractivity contribution >= 4 is 5.91 Å². The smallest absolute Gasteiger partial charge is 0.255 e. The van der Waals surface area contributed by atoms with E-state index in [1.54, 1.807) is 0 Å². The van der Waals surface area contributed by atoms with Gasteiger partial charge in [-0.1, -0.05) is 31.6 Å². The van der Waals surface area contributed by atoms with Gasteiger partial charge in [0.1, 0.15) is 11.9 Å². The van der Waals surface area contributed by atoms with Crippen molar-refractivity contribution in [1.29, 1.82) is 0 Å². The average molecular weight is 341 g/mol. The van der Waals surface area contributed by atoms with Crippen molar-refractivity contribution in [2.75, 3.05) is 0 Å². The number of hydrogen-bond donors (Lipinski definition) is 1. The molecule has 0 aromatic rings. The fraction of sp³-hybridized carbons (Fsp3) is 0.591. The Morgan fingerprint density at radius 2 is 2.16 bits per heavy atom. The van der Waals surface area contributed by atoms with E-state index < -0.39 is 0 Å². The number of carbonyl (C=O) groups excluding carboxylic acids is 1. The molecule has 0 fully saturated rings. The van der Waals surface area contributed by atoms with Crippen molar-refractivity contribution < 1.29 is 9.53 Å². The first kappa shape index (κ1) is 18.0. The van der Waals surface area contributed by atoms with Crippen LogP contribution in [-0.2, 0) is 9.53 Å². The second kappa shape index (κ2) is 7.23. The molecule has 0 unspecified atom stereocenters. The second-order valence-electron chi connectivity index (χ2n) is 8.21. The summed E-state index contributed by atoms with van der Waals surface area (Å²) in [5.74, 6) is 2.27. The molecule has 3 aliphatic rings. The lowest BCUT2D eigenvalue weighted by molar-refractivity contribution is -0.117. The van der Waals surface area contributed by atoms with Crippen LogP contribution >= 0.6 is 0 Å². The Bertz CT molecular complexity index is 666. The van der Waals surface area contributed by atoms with Crippen molar-refractivity contribution in [3.63, 3.8) is 0 Å². The van der Waals surface area contributed by atoms with Gasteiger partial charge in [-0.15, -0.1) is 0 Å². The quantitative estimate of drug-likeness (QED) is 0.754. The molecule has 1 aliphatic carbocycles. The normalized spacial score (nSPS) is 32.5. The molecular weight excluding hydrogens is 310 g/mol. The molecule has 3 rings (SSSR count). The van der Waals surface area contributed by atoms with E-state index in [1.807, 2.05) is 0 Å². The van der Waals surface area contributed by atoms with Gasteiger partial charge in [-0.3, -0.25) is 4.79 Å². The van der Waals surface area contributed by atoms with E-state index in [1.165, 1.54) is 11.1 Å². The van der Waals surface area contributed by atoms with Gasteiger partial charge >= 0.3 is 0 Å². The molecule has 4 atom stereocenters. The maximum atomic E-state index is 12.5. The Labute approximate surface area is 151 Å². The third kappa shape index (κ3) is 3.75. The summed E-state index contributed by atoms with van der Waals surface area (Å²) in [6.07, 6.45) is 11.9. The lowest BCUT2D eigenvalue weighted by atomic mass is 9.73. The highest BCUT2D eigenvalue weighted by Gasteiger charge is 2.39. The van der Waals surface area contributed by atoms with Gasteiger partial charge in [0.25, 0.3) is 5.91 Å². The minimum atomic E-state index is 0.00904. The third-order valence-corrected chi connectivity index (χ3v) is 5.68. The van der Waals surface area contributed by atoms with Gasteiger partial charge < -0.3 is 10.1 Å². The largest absolute Gasteiger partial charge is 0.485 e. The number of hydrogen-bond acceptors (Lipinski definition) is 2. The lowest BCUT2D eigenvalue weighted by Gasteiger charge is -2.40. The van der Waals surface area contributed by atoms with E-state index in [0.717, 1.165) is 30.6 Å². The summed E-state index contributed by atoms with van der Waals surface area (Å²) in [5.41, 5.74) is 3.43. The maximum Gasteiger partial charge on any atom is 0.255 e. The number of amides is 1. The van der Waals surface area contributed by atoms with E-state index >= 15 is 0 Å². The summed E-state index contributed by atoms with van der Waals surface area (Å²) in [5, 5.41) is 3.09. The highest BCUT2D eigenvalue weighted by atomic mass is 16.5. The van der Waals surface area contributed by atoms with Crippen molar-refractivity contribution in [3.05, 3.63) is 46.8 Å². The van der Waals surface area contributed by atoms with E-state index in [2.05, 4.69) is 64.2 Å². The lowest BCUT2D eigenvalue weighted by Crippen LogP contribution is -2.37. The Morgan fingerprint density at radius 3 is 2.84 bits per heavy atom. The third-order valence-electron chi connectivity index (χ3n) is 5.68. The molecular formula is C22H31NO2. The molecule has 0 saturated heterocycles. The van der Waals surface area contributed by atoms with Gasteiger partial charge in [-0.25, -0.2) is 0 Å². The van der Waals surface area contributed by atoms with E-state index in [0.29, 0.717) is 17.8 Å². The van der Waals surface area contributed by atoms with Gasteiger partial charge in [0, 0.05) is 12.0 Å². The van der Waals surface area contributed by atoms with Crippen molar-refractivity contribution in [1.82, 2.24) is 5.32 Å². The van der Waals surface area contributed by atoms with Crippen LogP contribution < -0.4 is 5.32 Å². The number of rotatable bonds is 4. The summed E-state index contributed by atoms with van der Waals surface area (Å²) in [6, 6.07) is 0.125. The van der Waals surface area contributed by atoms with Crippen molar-refractivity contribution in [2.24, 2.45) is 17.8 Å². The maximum absolute atomic E-state index is 12.5. The summed E-state index contributed by atoms with van der Waals surface area (Å²) < 4.78 is 6.40. The molecule has 1 amide bonds. The monoisotopic (exact) mass is 341 g/mol. The molecule has 0 aromatic carbocycles. The SMILES string of the molecule is C/C=C(\C)[C@H]1OC(C2=C[C@H](CC(C)C)NC2=O)=C[C@H]2CC=C(C)C[C@H]12. The Hall–Kier alpha value is -1.77. The fourth-order valence-corrected chi connectivity index (χ4v) is 4.24. The molecule has 0 spiro atoms. The van der Waals surface area contributed by atoms with Crippen molar-refractivity contribution in [3.8, 4) is 0 Å². The van der Waals surface area contributed by atoms with Crippen LogP contribution in [0.1, 0.15) is 53.9 Å². The zero-order chi connectivity index (χ0) is 18.1. The number of carbonyl (C=O) groups is 1. The molecule has 0 aromatic heterocycles. The van der Waals surface area contributed by atoms with Crippen LogP contribution in [0.2, 0.25) is 0 Å². The van der Waals surface area contributed by atoms with Gasteiger partial charge in [0.05, 0.1) is 5.57 Å². The van der Waals surface area contributed by atoms with Crippen LogP contribution in [0.5, 0.6) is 0 Å². The highest BCUT2D eigenvalue weighted by molar-refractivity contribution is 6.00. The van der Waals surface area contributed by atoms with Gasteiger partial charge in [-0.05, 0) is 69.6 Å². The molecule has 0 saturated carbocycles. The zero-order valence-corrected chi connectivity index (χ0v) is 16.1. The predicted molar refractivity (Wildman–Crippen MR) is 102 cm³/mol. The highest BCUT2D eigenvalue weighted by Crippen LogP contribution is 2.42. The summed E-state index contributed by atoms with van der Waals surface area (Å²) in [4.78, 5) is 12.5. The Kier molecular flexibility index (Phi) is 5.21. The number of nitrogens with one attached hydrogen (secondary N) is 1. The summed E-state index contributed by atoms with van der Waals surface area (Å²) in [7, 11) is 0. The minimum Gasteiger partial charge on any atom is -0.485 e. The first-order valence-corrected chi connectivity index (χ1v) is 9.59. The van der Waals surface area contributed by atoms with E-state index in [9.17, 15) is 4.79 Å². The van der Waals surface area contributed by atoms with E-state index in [-0.39, 0.29) is 18.1 Å². The second-order valence-corrected chi connectivity index (χ2v) is 8.21. The zero-order valence-electron chi connectivity index (χ0n) is 16.1. The molecule has 0 bridgehead atoms. The first-order valence-electron chi connectivity index (χ1n) is 9.59. The first-order chi connectivity index (χ1) is 11.9. The topological polar surface area (TPSA) is 38.3 Å². The molecule has 1 N–H and O–H groups in total. The standard InChI is InChI=1S/C22H31NO2/c1-6-15(5)21-18-10-14(4)7-8-16(18)11-20(25-21)19-12-17(9-13(2)3)23-22(19)24/h6-7,11-13,16-18,21H,8-10H2,1-5H3,(H,23,24)/b15-6+/t16-,17+,18+,21-/m1/s1. The molecule has 2 heterocycles. The van der Waals surface area contributed by atoms with Crippen LogP contribution in [0.3, 0.4) is 0 Å². The van der Waals surface area contributed by atoms with Crippen LogP contribution in [-0.4, -0.2) is 18.1 Å². The Balaban J connectivity index is 1.90. The van der Waals surface area contributed by atoms with Gasteiger partial charge in [0.2, 0.25) is 0 Å². The van der Waals surface area contributed by atoms with Crippen molar-refractivity contribution in [2.45, 2.75) is 66.0 Å². The predicted octanol–water partition coefficient (Wildman–Crippen LogP) is 4.68. The van der Waals surface area contributed by atoms with Gasteiger partial charge in [-0.2, -0.15) is 0 Å². The summed E-state index contributed by atoms with van der Waals surface area (Å²) >= 11 is 0. The molecule has 3 nitrogen and oxygen atoms in total. The summed E-state index contributed by atoms with van der Waals surface area (Å²) in [6.45, 7) is 10.8. The Morgan fingerprint density at radius 1 is 1.40 bits per heavy atom. The van der Waals surface area contributed by atoms with Crippen LogP contribution in [0, 0.1) is 17.8 Å². The van der Waals surface area contributed by atoms with Crippen LogP contribution in [0.4, 0.5) is 0 Å². The van der Waals surface area contributed by atoms with Crippen LogP contribution in [0.15, 0.2) is 46.8 Å². The number of fused-ring (bicyclic) bond motifs is 1. The molecule has 25 heavy (non-hydrogen) atoms. The molecule has 136 valence electrons. The molecule has 2 aliphatic heterocycles. The molecule has 3 heteroatoms. The minimum absolute atomic E-state index is 0.00904.